The Morgan fingerprint density at radius 1 is 1.21 bits per heavy atom. The van der Waals surface area contributed by atoms with Gasteiger partial charge in [-0.05, 0) is 30.3 Å². The molecular formula is C11H10F2N2O3S. The molecule has 0 bridgehead atoms. The number of rotatable bonds is 4. The third-order valence-corrected chi connectivity index (χ3v) is 3.93. The van der Waals surface area contributed by atoms with E-state index in [4.69, 9.17) is 5.11 Å². The Labute approximate surface area is 108 Å². The molecule has 0 aliphatic rings. The highest BCUT2D eigenvalue weighted by Crippen LogP contribution is 2.20. The molecule has 1 heterocycles. The zero-order chi connectivity index (χ0) is 14.0. The van der Waals surface area contributed by atoms with Gasteiger partial charge in [0.15, 0.2) is 0 Å². The Balaban J connectivity index is 2.40. The molecule has 0 amide bonds. The summed E-state index contributed by atoms with van der Waals surface area (Å²) in [6.07, 6.45) is 1.47. The molecular weight excluding hydrogens is 278 g/mol. The number of aromatic nitrogens is 2. The quantitative estimate of drug-likeness (QED) is 0.922. The molecule has 0 unspecified atom stereocenters. The van der Waals surface area contributed by atoms with E-state index in [1.54, 1.807) is 6.07 Å². The van der Waals surface area contributed by atoms with Crippen LogP contribution in [0.25, 0.3) is 5.69 Å². The molecule has 19 heavy (non-hydrogen) atoms. The van der Waals surface area contributed by atoms with E-state index >= 15 is 0 Å². The Morgan fingerprint density at radius 3 is 2.37 bits per heavy atom. The normalized spacial score (nSPS) is 12.0. The van der Waals surface area contributed by atoms with Crippen LogP contribution in [0.1, 0.15) is 5.69 Å². The van der Waals surface area contributed by atoms with Gasteiger partial charge in [0.1, 0.15) is 0 Å². The van der Waals surface area contributed by atoms with Gasteiger partial charge < -0.3 is 5.11 Å². The lowest BCUT2D eigenvalue weighted by atomic mass is 10.3. The van der Waals surface area contributed by atoms with Crippen LogP contribution in [0.2, 0.25) is 0 Å². The lowest BCUT2D eigenvalue weighted by Gasteiger charge is -2.07. The van der Waals surface area contributed by atoms with Gasteiger partial charge in [-0.25, -0.2) is 13.1 Å². The minimum Gasteiger partial charge on any atom is -0.390 e. The first kappa shape index (κ1) is 13.6. The van der Waals surface area contributed by atoms with Crippen LogP contribution in [0.5, 0.6) is 0 Å². The first-order chi connectivity index (χ1) is 8.96. The average molecular weight is 288 g/mol. The number of halogens is 2. The number of alkyl halides is 2. The number of benzene rings is 1. The number of nitrogens with zero attached hydrogens (tertiary/aromatic N) is 2. The smallest absolute Gasteiger partial charge is 0.341 e. The largest absolute Gasteiger partial charge is 0.390 e. The SMILES string of the molecule is O=S(=O)(c1ccc(-n2nccc2CO)cc1)C(F)F. The molecule has 0 radical (unpaired) electrons. The van der Waals surface area contributed by atoms with Crippen LogP contribution < -0.4 is 0 Å². The number of aliphatic hydroxyl groups is 1. The maximum atomic E-state index is 12.4. The lowest BCUT2D eigenvalue weighted by molar-refractivity contribution is 0.234. The van der Waals surface area contributed by atoms with Gasteiger partial charge in [-0.3, -0.25) is 0 Å². The van der Waals surface area contributed by atoms with Crippen LogP contribution in [0.3, 0.4) is 0 Å². The fourth-order valence-corrected chi connectivity index (χ4v) is 2.28. The van der Waals surface area contributed by atoms with Gasteiger partial charge >= 0.3 is 5.76 Å². The highest BCUT2D eigenvalue weighted by molar-refractivity contribution is 7.91. The summed E-state index contributed by atoms with van der Waals surface area (Å²) in [5, 5.41) is 13.0. The van der Waals surface area contributed by atoms with Crippen LogP contribution in [0, 0.1) is 0 Å². The summed E-state index contributed by atoms with van der Waals surface area (Å²) in [5.41, 5.74) is 0.978. The first-order valence-electron chi connectivity index (χ1n) is 5.23. The van der Waals surface area contributed by atoms with Crippen molar-refractivity contribution in [2.45, 2.75) is 17.3 Å². The molecule has 0 atom stereocenters. The van der Waals surface area contributed by atoms with Crippen LogP contribution >= 0.6 is 0 Å². The van der Waals surface area contributed by atoms with E-state index in [2.05, 4.69) is 5.10 Å². The van der Waals surface area contributed by atoms with Gasteiger partial charge in [0, 0.05) is 6.20 Å². The van der Waals surface area contributed by atoms with Gasteiger partial charge in [-0.2, -0.15) is 13.9 Å². The minimum absolute atomic E-state index is 0.239. The van der Waals surface area contributed by atoms with Gasteiger partial charge in [0.2, 0.25) is 9.84 Å². The molecule has 0 aliphatic carbocycles. The van der Waals surface area contributed by atoms with E-state index in [-0.39, 0.29) is 6.61 Å². The topological polar surface area (TPSA) is 72.2 Å². The molecule has 1 N–H and O–H groups in total. The van der Waals surface area contributed by atoms with Crippen molar-refractivity contribution in [1.29, 1.82) is 0 Å². The maximum absolute atomic E-state index is 12.4. The van der Waals surface area contributed by atoms with Gasteiger partial charge in [-0.1, -0.05) is 0 Å². The molecule has 1 aromatic heterocycles. The highest BCUT2D eigenvalue weighted by atomic mass is 32.2. The van der Waals surface area contributed by atoms with Crippen molar-refractivity contribution in [3.63, 3.8) is 0 Å². The van der Waals surface area contributed by atoms with E-state index < -0.39 is 20.5 Å². The molecule has 2 aromatic rings. The Hall–Kier alpha value is -1.80. The van der Waals surface area contributed by atoms with Crippen molar-refractivity contribution in [3.8, 4) is 5.69 Å². The third kappa shape index (κ3) is 2.49. The van der Waals surface area contributed by atoms with Gasteiger partial charge in [0.05, 0.1) is 22.9 Å². The number of hydrogen-bond donors (Lipinski definition) is 1. The standard InChI is InChI=1S/C11H10F2N2O3S/c12-11(13)19(17,18)10-3-1-8(2-4-10)15-9(7-16)5-6-14-15/h1-6,11,16H,7H2. The van der Waals surface area contributed by atoms with Crippen molar-refractivity contribution in [2.75, 3.05) is 0 Å². The molecule has 0 fully saturated rings. The molecule has 5 nitrogen and oxygen atoms in total. The van der Waals surface area contributed by atoms with Crippen LogP contribution in [-0.2, 0) is 16.4 Å². The summed E-state index contributed by atoms with van der Waals surface area (Å²) in [4.78, 5) is -0.455. The molecule has 0 aliphatic heterocycles. The van der Waals surface area contributed by atoms with Crippen molar-refractivity contribution in [2.24, 2.45) is 0 Å². The third-order valence-electron chi connectivity index (χ3n) is 2.53. The van der Waals surface area contributed by atoms with Crippen LogP contribution in [0.4, 0.5) is 8.78 Å². The number of sulfone groups is 1. The predicted molar refractivity (Wildman–Crippen MR) is 62.7 cm³/mol. The summed E-state index contributed by atoms with van der Waals surface area (Å²) >= 11 is 0. The van der Waals surface area contributed by atoms with Crippen molar-refractivity contribution in [1.82, 2.24) is 9.78 Å². The van der Waals surface area contributed by atoms with Crippen LogP contribution in [0.15, 0.2) is 41.4 Å². The summed E-state index contributed by atoms with van der Waals surface area (Å²) in [6.45, 7) is -0.239. The first-order valence-corrected chi connectivity index (χ1v) is 6.77. The maximum Gasteiger partial charge on any atom is 0.341 e. The Kier molecular flexibility index (Phi) is 3.63. The van der Waals surface area contributed by atoms with E-state index in [0.29, 0.717) is 11.4 Å². The number of aliphatic hydroxyl groups excluding tert-OH is 1. The molecule has 0 saturated carbocycles. The lowest BCUT2D eigenvalue weighted by Crippen LogP contribution is -2.11. The molecule has 1 aromatic carbocycles. The highest BCUT2D eigenvalue weighted by Gasteiger charge is 2.26. The number of hydrogen-bond acceptors (Lipinski definition) is 4. The van der Waals surface area contributed by atoms with Gasteiger partial charge in [-0.15, -0.1) is 0 Å². The molecule has 0 spiro atoms. The monoisotopic (exact) mass is 288 g/mol. The van der Waals surface area contributed by atoms with Crippen molar-refractivity contribution >= 4 is 9.84 Å². The predicted octanol–water partition coefficient (Wildman–Crippen LogP) is 1.36. The van der Waals surface area contributed by atoms with Crippen molar-refractivity contribution < 1.29 is 22.3 Å². The van der Waals surface area contributed by atoms with Crippen LogP contribution in [-0.4, -0.2) is 29.1 Å². The molecule has 102 valence electrons. The fraction of sp³-hybridized carbons (Fsp3) is 0.182. The average Bonchev–Trinajstić information content (AvgIpc) is 2.87. The summed E-state index contributed by atoms with van der Waals surface area (Å²) in [5.74, 6) is -3.45. The Bertz CT molecular complexity index is 666. The summed E-state index contributed by atoms with van der Waals surface area (Å²) in [7, 11) is -4.59. The summed E-state index contributed by atoms with van der Waals surface area (Å²) in [6, 6.07) is 6.45. The van der Waals surface area contributed by atoms with E-state index in [0.717, 1.165) is 12.1 Å². The van der Waals surface area contributed by atoms with Crippen molar-refractivity contribution in [3.05, 3.63) is 42.2 Å². The molecule has 8 heteroatoms. The fourth-order valence-electron chi connectivity index (χ4n) is 1.56. The second-order valence-electron chi connectivity index (χ2n) is 3.69. The Morgan fingerprint density at radius 2 is 1.84 bits per heavy atom. The zero-order valence-corrected chi connectivity index (χ0v) is 10.4. The summed E-state index contributed by atoms with van der Waals surface area (Å²) < 4.78 is 48.6. The second-order valence-corrected chi connectivity index (χ2v) is 5.61. The zero-order valence-electron chi connectivity index (χ0n) is 9.57. The van der Waals surface area contributed by atoms with E-state index in [1.807, 2.05) is 0 Å². The molecule has 2 rings (SSSR count). The van der Waals surface area contributed by atoms with E-state index in [9.17, 15) is 17.2 Å². The van der Waals surface area contributed by atoms with E-state index in [1.165, 1.54) is 23.0 Å². The van der Waals surface area contributed by atoms with Gasteiger partial charge in [0.25, 0.3) is 0 Å². The minimum atomic E-state index is -4.59. The second kappa shape index (κ2) is 5.06. The molecule has 0 saturated heterocycles.